The van der Waals surface area contributed by atoms with Crippen LogP contribution in [0.3, 0.4) is 0 Å². The molecular weight excluding hydrogens is 382 g/mol. The Morgan fingerprint density at radius 1 is 1.03 bits per heavy atom. The van der Waals surface area contributed by atoms with Crippen LogP contribution in [0.1, 0.15) is 37.3 Å². The van der Waals surface area contributed by atoms with E-state index >= 15 is 0 Å². The van der Waals surface area contributed by atoms with Crippen molar-refractivity contribution in [2.24, 2.45) is 11.3 Å². The van der Waals surface area contributed by atoms with Crippen molar-refractivity contribution in [1.29, 1.82) is 0 Å². The number of nitrogens with one attached hydrogen (secondary N) is 1. The maximum absolute atomic E-state index is 13.3. The Hall–Kier alpha value is -2.40. The minimum absolute atomic E-state index is 0.0344. The molecule has 0 saturated heterocycles. The van der Waals surface area contributed by atoms with E-state index in [4.69, 9.17) is 9.47 Å². The Labute approximate surface area is 175 Å². The molecule has 0 fully saturated rings. The highest BCUT2D eigenvalue weighted by atomic mass is 32.2. The molecule has 0 amide bonds. The normalized spacial score (nSPS) is 24.1. The first-order valence-corrected chi connectivity index (χ1v) is 11.3. The molecule has 2 aromatic carbocycles. The minimum atomic E-state index is -0.196. The second-order valence-electron chi connectivity index (χ2n) is 8.67. The molecule has 0 spiro atoms. The summed E-state index contributed by atoms with van der Waals surface area (Å²) < 4.78 is 11.7. The van der Waals surface area contributed by atoms with Gasteiger partial charge in [-0.05, 0) is 41.0 Å². The van der Waals surface area contributed by atoms with Crippen LogP contribution in [0.4, 0.5) is 5.69 Å². The molecule has 0 saturated carbocycles. The molecule has 1 aliphatic carbocycles. The molecule has 2 atom stereocenters. The quantitative estimate of drug-likeness (QED) is 0.690. The van der Waals surface area contributed by atoms with Crippen molar-refractivity contribution in [3.8, 4) is 11.5 Å². The van der Waals surface area contributed by atoms with Crippen molar-refractivity contribution in [2.45, 2.75) is 31.1 Å². The monoisotopic (exact) mass is 407 g/mol. The van der Waals surface area contributed by atoms with E-state index in [9.17, 15) is 4.79 Å². The van der Waals surface area contributed by atoms with Crippen molar-refractivity contribution in [3.05, 3.63) is 59.3 Å². The number of rotatable bonds is 2. The van der Waals surface area contributed by atoms with Gasteiger partial charge in [-0.3, -0.25) is 4.79 Å². The summed E-state index contributed by atoms with van der Waals surface area (Å²) >= 11 is 1.72. The van der Waals surface area contributed by atoms with Crippen LogP contribution in [0.15, 0.2) is 53.1 Å². The number of ether oxygens (including phenoxy) is 2. The van der Waals surface area contributed by atoms with Gasteiger partial charge in [-0.1, -0.05) is 32.1 Å². The largest absolute Gasteiger partial charge is 0.486 e. The van der Waals surface area contributed by atoms with Crippen LogP contribution in [-0.2, 0) is 4.79 Å². The van der Waals surface area contributed by atoms with Crippen LogP contribution in [0.2, 0.25) is 0 Å². The zero-order valence-electron chi connectivity index (χ0n) is 17.0. The molecule has 0 bridgehead atoms. The molecule has 4 nitrogen and oxygen atoms in total. The van der Waals surface area contributed by atoms with Crippen molar-refractivity contribution >= 4 is 23.2 Å². The molecule has 3 aliphatic rings. The van der Waals surface area contributed by atoms with E-state index in [0.29, 0.717) is 25.4 Å². The Morgan fingerprint density at radius 3 is 2.41 bits per heavy atom. The number of hydrogen-bond acceptors (Lipinski definition) is 5. The third-order valence-corrected chi connectivity index (χ3v) is 6.74. The highest BCUT2D eigenvalue weighted by Gasteiger charge is 2.44. The third kappa shape index (κ3) is 3.21. The first kappa shape index (κ1) is 18.6. The van der Waals surface area contributed by atoms with E-state index in [1.165, 1.54) is 4.90 Å². The fourth-order valence-electron chi connectivity index (χ4n) is 4.76. The SMILES string of the molecule is CSc1ccc([C@H]2c3cc4c(cc3NC3=CC(C)(C)CC(=O)[C@@H]32)OCCO4)cc1. The molecule has 0 aromatic heterocycles. The summed E-state index contributed by atoms with van der Waals surface area (Å²) in [5, 5.41) is 3.56. The van der Waals surface area contributed by atoms with Gasteiger partial charge >= 0.3 is 0 Å². The maximum atomic E-state index is 13.3. The van der Waals surface area contributed by atoms with E-state index in [0.717, 1.165) is 34.0 Å². The number of carbonyl (C=O) groups excluding carboxylic acids is 1. The molecule has 5 rings (SSSR count). The number of ketones is 1. The smallest absolute Gasteiger partial charge is 0.163 e. The van der Waals surface area contributed by atoms with E-state index in [-0.39, 0.29) is 17.3 Å². The predicted molar refractivity (Wildman–Crippen MR) is 116 cm³/mol. The first-order valence-electron chi connectivity index (χ1n) is 10.1. The number of anilines is 1. The van der Waals surface area contributed by atoms with E-state index in [1.54, 1.807) is 11.8 Å². The van der Waals surface area contributed by atoms with Crippen molar-refractivity contribution in [1.82, 2.24) is 0 Å². The fourth-order valence-corrected chi connectivity index (χ4v) is 5.17. The summed E-state index contributed by atoms with van der Waals surface area (Å²) in [6.07, 6.45) is 4.87. The lowest BCUT2D eigenvalue weighted by Gasteiger charge is -2.42. The molecule has 2 aromatic rings. The number of Topliss-reactive ketones (excluding diaryl/α,β-unsaturated/α-hetero) is 1. The van der Waals surface area contributed by atoms with E-state index in [2.05, 4.69) is 61.8 Å². The van der Waals surface area contributed by atoms with Gasteiger partial charge in [-0.15, -0.1) is 11.8 Å². The van der Waals surface area contributed by atoms with E-state index in [1.807, 2.05) is 6.07 Å². The molecule has 5 heteroatoms. The summed E-state index contributed by atoms with van der Waals surface area (Å²) in [5.41, 5.74) is 4.12. The van der Waals surface area contributed by atoms with Crippen molar-refractivity contribution < 1.29 is 14.3 Å². The minimum Gasteiger partial charge on any atom is -0.486 e. The van der Waals surface area contributed by atoms with Gasteiger partial charge in [0.25, 0.3) is 0 Å². The predicted octanol–water partition coefficient (Wildman–Crippen LogP) is 5.24. The summed E-state index contributed by atoms with van der Waals surface area (Å²) in [7, 11) is 0. The summed E-state index contributed by atoms with van der Waals surface area (Å²) in [6.45, 7) is 5.35. The van der Waals surface area contributed by atoms with Crippen molar-refractivity contribution in [3.63, 3.8) is 0 Å². The number of hydrogen-bond donors (Lipinski definition) is 1. The lowest BCUT2D eigenvalue weighted by atomic mass is 9.66. The average Bonchev–Trinajstić information content (AvgIpc) is 2.70. The number of allylic oxidation sites excluding steroid dienone is 2. The molecule has 2 heterocycles. The number of fused-ring (bicyclic) bond motifs is 3. The summed E-state index contributed by atoms with van der Waals surface area (Å²) in [4.78, 5) is 14.5. The van der Waals surface area contributed by atoms with Crippen molar-refractivity contribution in [2.75, 3.05) is 24.8 Å². The average molecular weight is 408 g/mol. The second-order valence-corrected chi connectivity index (χ2v) is 9.55. The Morgan fingerprint density at radius 2 is 1.72 bits per heavy atom. The zero-order valence-corrected chi connectivity index (χ0v) is 17.8. The van der Waals surface area contributed by atoms with Gasteiger partial charge in [-0.2, -0.15) is 0 Å². The van der Waals surface area contributed by atoms with Crippen LogP contribution in [0, 0.1) is 11.3 Å². The second kappa shape index (κ2) is 6.84. The van der Waals surface area contributed by atoms with Gasteiger partial charge < -0.3 is 14.8 Å². The van der Waals surface area contributed by atoms with Gasteiger partial charge in [0.05, 0.1) is 5.92 Å². The Balaban J connectivity index is 1.70. The van der Waals surface area contributed by atoms with Crippen LogP contribution in [0.25, 0.3) is 0 Å². The van der Waals surface area contributed by atoms with Crippen LogP contribution in [0.5, 0.6) is 11.5 Å². The fraction of sp³-hybridized carbons (Fsp3) is 0.375. The van der Waals surface area contributed by atoms with Gasteiger partial charge in [0.15, 0.2) is 11.5 Å². The zero-order chi connectivity index (χ0) is 20.2. The number of benzene rings is 2. The number of carbonyl (C=O) groups is 1. The molecule has 0 unspecified atom stereocenters. The van der Waals surface area contributed by atoms with Gasteiger partial charge in [0.1, 0.15) is 19.0 Å². The van der Waals surface area contributed by atoms with Gasteiger partial charge in [0, 0.05) is 34.7 Å². The number of thioether (sulfide) groups is 1. The standard InChI is InChI=1S/C24H25NO3S/c1-24(2)12-18-23(19(26)13-24)22(14-4-6-15(29-3)7-5-14)16-10-20-21(11-17(16)25-18)28-9-8-27-20/h4-7,10-12,22-23,25H,8-9,13H2,1-3H3/t22-,23+/m0/s1. The lowest BCUT2D eigenvalue weighted by molar-refractivity contribution is -0.124. The topological polar surface area (TPSA) is 47.6 Å². The molecule has 29 heavy (non-hydrogen) atoms. The lowest BCUT2D eigenvalue weighted by Crippen LogP contribution is -2.39. The molecule has 2 aliphatic heterocycles. The van der Waals surface area contributed by atoms with E-state index < -0.39 is 0 Å². The third-order valence-electron chi connectivity index (χ3n) is 5.99. The molecule has 150 valence electrons. The molecule has 0 radical (unpaired) electrons. The highest BCUT2D eigenvalue weighted by Crippen LogP contribution is 2.52. The molecule has 1 N–H and O–H groups in total. The summed E-state index contributed by atoms with van der Waals surface area (Å²) in [5.74, 6) is 1.59. The molecular formula is C24H25NO3S. The summed E-state index contributed by atoms with van der Waals surface area (Å²) in [6, 6.07) is 12.7. The Bertz CT molecular complexity index is 1010. The van der Waals surface area contributed by atoms with Gasteiger partial charge in [-0.25, -0.2) is 0 Å². The van der Waals surface area contributed by atoms with Crippen LogP contribution < -0.4 is 14.8 Å². The highest BCUT2D eigenvalue weighted by molar-refractivity contribution is 7.98. The van der Waals surface area contributed by atoms with Crippen LogP contribution >= 0.6 is 11.8 Å². The Kier molecular flexibility index (Phi) is 4.39. The maximum Gasteiger partial charge on any atom is 0.163 e. The first-order chi connectivity index (χ1) is 13.9. The van der Waals surface area contributed by atoms with Gasteiger partial charge in [0.2, 0.25) is 0 Å². The van der Waals surface area contributed by atoms with Crippen LogP contribution in [-0.4, -0.2) is 25.3 Å².